The van der Waals surface area contributed by atoms with Crippen molar-refractivity contribution in [1.82, 2.24) is 0 Å². The number of nitrogens with zero attached hydrogens (tertiary/aromatic N) is 1. The van der Waals surface area contributed by atoms with Crippen LogP contribution in [-0.2, 0) is 11.4 Å². The number of carbonyl (C=O) groups excluding carboxylic acids is 1. The lowest BCUT2D eigenvalue weighted by atomic mass is 10.1. The topological polar surface area (TPSA) is 48.0 Å². The fourth-order valence-corrected chi connectivity index (χ4v) is 4.87. The third kappa shape index (κ3) is 6.17. The number of thiocarbonyl (C=S) groups is 1. The predicted molar refractivity (Wildman–Crippen MR) is 147 cm³/mol. The molecule has 0 spiro atoms. The Labute approximate surface area is 219 Å². The summed E-state index contributed by atoms with van der Waals surface area (Å²) < 4.78 is 17.8. The van der Waals surface area contributed by atoms with Crippen LogP contribution in [0.25, 0.3) is 6.08 Å². The van der Waals surface area contributed by atoms with Gasteiger partial charge in [-0.1, -0.05) is 53.8 Å². The SMILES string of the molecule is CCOc1ccc(N2C(=O)/C(=C\c3ccc(OCc4ccc(Cl)cc4)c(OCC)c3)SC2=S)cc1. The van der Waals surface area contributed by atoms with E-state index in [4.69, 9.17) is 38.0 Å². The standard InChI is InChI=1S/C27H24ClNO4S2/c1-3-31-22-12-10-21(11-13-22)29-26(30)25(35-27(29)34)16-19-7-14-23(24(15-19)32-4-2)33-17-18-5-8-20(28)9-6-18/h5-16H,3-4,17H2,1-2H3/b25-16+. The summed E-state index contributed by atoms with van der Waals surface area (Å²) in [5.74, 6) is 1.82. The molecule has 0 N–H and O–H groups in total. The van der Waals surface area contributed by atoms with E-state index in [9.17, 15) is 4.79 Å². The van der Waals surface area contributed by atoms with Crippen molar-refractivity contribution in [1.29, 1.82) is 0 Å². The lowest BCUT2D eigenvalue weighted by Crippen LogP contribution is -2.27. The van der Waals surface area contributed by atoms with E-state index in [2.05, 4.69) is 0 Å². The average Bonchev–Trinajstić information content (AvgIpc) is 3.13. The van der Waals surface area contributed by atoms with E-state index in [1.165, 1.54) is 16.7 Å². The minimum atomic E-state index is -0.162. The van der Waals surface area contributed by atoms with Crippen LogP contribution in [0.5, 0.6) is 17.2 Å². The van der Waals surface area contributed by atoms with Crippen molar-refractivity contribution in [2.75, 3.05) is 18.1 Å². The Bertz CT molecular complexity index is 1240. The van der Waals surface area contributed by atoms with Crippen LogP contribution in [0, 0.1) is 0 Å². The number of benzene rings is 3. The first-order chi connectivity index (χ1) is 17.0. The molecule has 1 fully saturated rings. The zero-order valence-corrected chi connectivity index (χ0v) is 21.7. The highest BCUT2D eigenvalue weighted by Gasteiger charge is 2.33. The van der Waals surface area contributed by atoms with E-state index in [-0.39, 0.29) is 5.91 Å². The normalized spacial score (nSPS) is 14.5. The average molecular weight is 526 g/mol. The van der Waals surface area contributed by atoms with E-state index in [0.717, 1.165) is 16.9 Å². The van der Waals surface area contributed by atoms with Gasteiger partial charge in [-0.3, -0.25) is 9.69 Å². The van der Waals surface area contributed by atoms with Crippen LogP contribution in [-0.4, -0.2) is 23.4 Å². The maximum Gasteiger partial charge on any atom is 0.270 e. The van der Waals surface area contributed by atoms with Gasteiger partial charge in [-0.2, -0.15) is 0 Å². The molecule has 35 heavy (non-hydrogen) atoms. The van der Waals surface area contributed by atoms with Crippen LogP contribution >= 0.6 is 35.6 Å². The minimum Gasteiger partial charge on any atom is -0.494 e. The molecule has 3 aromatic rings. The number of thioether (sulfide) groups is 1. The Balaban J connectivity index is 1.52. The van der Waals surface area contributed by atoms with Crippen LogP contribution < -0.4 is 19.1 Å². The first-order valence-corrected chi connectivity index (χ1v) is 12.7. The Morgan fingerprint density at radius 1 is 0.914 bits per heavy atom. The van der Waals surface area contributed by atoms with Gasteiger partial charge in [0.05, 0.1) is 23.8 Å². The van der Waals surface area contributed by atoms with Crippen molar-refractivity contribution in [2.24, 2.45) is 0 Å². The smallest absolute Gasteiger partial charge is 0.270 e. The lowest BCUT2D eigenvalue weighted by Gasteiger charge is -2.15. The largest absolute Gasteiger partial charge is 0.494 e. The fourth-order valence-electron chi connectivity index (χ4n) is 3.44. The monoisotopic (exact) mass is 525 g/mol. The molecule has 1 aliphatic heterocycles. The molecule has 0 aliphatic carbocycles. The first kappa shape index (κ1) is 25.1. The molecule has 0 atom stereocenters. The second-order valence-corrected chi connectivity index (χ2v) is 9.61. The number of halogens is 1. The molecular weight excluding hydrogens is 502 g/mol. The molecule has 5 nitrogen and oxygen atoms in total. The number of hydrogen-bond acceptors (Lipinski definition) is 6. The zero-order chi connectivity index (χ0) is 24.8. The Kier molecular flexibility index (Phi) is 8.33. The molecule has 0 unspecified atom stereocenters. The lowest BCUT2D eigenvalue weighted by molar-refractivity contribution is -0.113. The van der Waals surface area contributed by atoms with E-state index in [1.807, 2.05) is 86.7 Å². The molecule has 1 aliphatic rings. The van der Waals surface area contributed by atoms with E-state index in [1.54, 1.807) is 0 Å². The highest BCUT2D eigenvalue weighted by atomic mass is 35.5. The number of anilines is 1. The van der Waals surface area contributed by atoms with Crippen molar-refractivity contribution in [2.45, 2.75) is 20.5 Å². The Hall–Kier alpha value is -3.00. The Morgan fingerprint density at radius 3 is 2.31 bits per heavy atom. The van der Waals surface area contributed by atoms with Gasteiger partial charge >= 0.3 is 0 Å². The van der Waals surface area contributed by atoms with Gasteiger partial charge in [0.1, 0.15) is 12.4 Å². The van der Waals surface area contributed by atoms with Crippen LogP contribution in [0.4, 0.5) is 5.69 Å². The maximum atomic E-state index is 13.1. The zero-order valence-electron chi connectivity index (χ0n) is 19.3. The van der Waals surface area contributed by atoms with Gasteiger partial charge in [0, 0.05) is 5.02 Å². The van der Waals surface area contributed by atoms with Crippen LogP contribution in [0.15, 0.2) is 71.6 Å². The highest BCUT2D eigenvalue weighted by Crippen LogP contribution is 2.38. The molecule has 4 rings (SSSR count). The molecule has 1 amide bonds. The van der Waals surface area contributed by atoms with E-state index < -0.39 is 0 Å². The Morgan fingerprint density at radius 2 is 1.63 bits per heavy atom. The van der Waals surface area contributed by atoms with Gasteiger partial charge in [-0.25, -0.2) is 0 Å². The number of amides is 1. The second kappa shape index (κ2) is 11.6. The summed E-state index contributed by atoms with van der Waals surface area (Å²) in [5, 5.41) is 0.682. The van der Waals surface area contributed by atoms with Crippen molar-refractivity contribution >= 4 is 57.6 Å². The van der Waals surface area contributed by atoms with Gasteiger partial charge < -0.3 is 14.2 Å². The number of hydrogen-bond donors (Lipinski definition) is 0. The molecule has 180 valence electrons. The highest BCUT2D eigenvalue weighted by molar-refractivity contribution is 8.27. The molecule has 1 heterocycles. The number of ether oxygens (including phenoxy) is 3. The quantitative estimate of drug-likeness (QED) is 0.219. The summed E-state index contributed by atoms with van der Waals surface area (Å²) >= 11 is 12.7. The molecule has 3 aromatic carbocycles. The van der Waals surface area contributed by atoms with Crippen LogP contribution in [0.1, 0.15) is 25.0 Å². The third-order valence-electron chi connectivity index (χ3n) is 5.07. The summed E-state index contributed by atoms with van der Waals surface area (Å²) in [7, 11) is 0. The van der Waals surface area contributed by atoms with Crippen molar-refractivity contribution in [3.05, 3.63) is 87.8 Å². The minimum absolute atomic E-state index is 0.162. The van der Waals surface area contributed by atoms with E-state index >= 15 is 0 Å². The molecule has 0 radical (unpaired) electrons. The first-order valence-electron chi connectivity index (χ1n) is 11.1. The maximum absolute atomic E-state index is 13.1. The second-order valence-electron chi connectivity index (χ2n) is 7.50. The summed E-state index contributed by atoms with van der Waals surface area (Å²) in [6.45, 7) is 5.30. The van der Waals surface area contributed by atoms with Crippen molar-refractivity contribution in [3.63, 3.8) is 0 Å². The van der Waals surface area contributed by atoms with Crippen molar-refractivity contribution in [3.8, 4) is 17.2 Å². The van der Waals surface area contributed by atoms with Gasteiger partial charge in [-0.05, 0) is 79.6 Å². The van der Waals surface area contributed by atoms with Gasteiger partial charge in [0.2, 0.25) is 0 Å². The molecule has 1 saturated heterocycles. The predicted octanol–water partition coefficient (Wildman–Crippen LogP) is 7.12. The summed E-state index contributed by atoms with van der Waals surface area (Å²) in [4.78, 5) is 15.2. The molecule has 8 heteroatoms. The van der Waals surface area contributed by atoms with Crippen LogP contribution in [0.2, 0.25) is 5.02 Å². The summed E-state index contributed by atoms with van der Waals surface area (Å²) in [6.07, 6.45) is 1.82. The fraction of sp³-hybridized carbons (Fsp3) is 0.185. The van der Waals surface area contributed by atoms with Gasteiger partial charge in [0.25, 0.3) is 5.91 Å². The molecule has 0 aromatic heterocycles. The molecule has 0 bridgehead atoms. The summed E-state index contributed by atoms with van der Waals surface area (Å²) in [6, 6.07) is 20.4. The van der Waals surface area contributed by atoms with Crippen molar-refractivity contribution < 1.29 is 19.0 Å². The van der Waals surface area contributed by atoms with E-state index in [0.29, 0.717) is 51.3 Å². The number of carbonyl (C=O) groups is 1. The third-order valence-corrected chi connectivity index (χ3v) is 6.63. The molecular formula is C27H24ClNO4S2. The van der Waals surface area contributed by atoms with Crippen LogP contribution in [0.3, 0.4) is 0 Å². The summed E-state index contributed by atoms with van der Waals surface area (Å²) in [5.41, 5.74) is 2.53. The number of rotatable bonds is 9. The van der Waals surface area contributed by atoms with Gasteiger partial charge in [-0.15, -0.1) is 0 Å². The molecule has 0 saturated carbocycles. The van der Waals surface area contributed by atoms with Gasteiger partial charge in [0.15, 0.2) is 15.8 Å².